The maximum Gasteiger partial charge on any atom is 0.157 e. The van der Waals surface area contributed by atoms with E-state index in [0.29, 0.717) is 25.4 Å². The van der Waals surface area contributed by atoms with E-state index in [-0.39, 0.29) is 19.0 Å². The number of ketones is 1. The molecular weight excluding hydrogens is 352 g/mol. The van der Waals surface area contributed by atoms with E-state index in [1.165, 1.54) is 32.1 Å². The smallest absolute Gasteiger partial charge is 0.157 e. The van der Waals surface area contributed by atoms with Crippen LogP contribution in [0.4, 0.5) is 0 Å². The SMILES string of the molecule is C=C(/C=C(/C)NCCO)CCC1CCC(CCC(=O)/C=C(/C)NCCO)CC1. The van der Waals surface area contributed by atoms with Crippen molar-refractivity contribution in [3.63, 3.8) is 0 Å². The lowest BCUT2D eigenvalue weighted by Crippen LogP contribution is -2.17. The number of carbonyl (C=O) groups excluding carboxylic acids is 1. The molecule has 28 heavy (non-hydrogen) atoms. The van der Waals surface area contributed by atoms with E-state index in [1.54, 1.807) is 6.08 Å². The summed E-state index contributed by atoms with van der Waals surface area (Å²) in [4.78, 5) is 12.0. The zero-order valence-electron chi connectivity index (χ0n) is 17.8. The van der Waals surface area contributed by atoms with Crippen LogP contribution in [0.2, 0.25) is 0 Å². The van der Waals surface area contributed by atoms with E-state index in [9.17, 15) is 4.79 Å². The standard InChI is InChI=1S/C23H40N2O3/c1-18(16-19(2)24-12-14-26)4-5-21-6-8-22(9-7-21)10-11-23(28)17-20(3)25-13-15-27/h16-17,21-22,24-27H,1,4-15H2,2-3H3/b19-16-,20-17-. The lowest BCUT2D eigenvalue weighted by Gasteiger charge is -2.28. The van der Waals surface area contributed by atoms with Crippen molar-refractivity contribution in [1.82, 2.24) is 10.6 Å². The molecule has 0 bridgehead atoms. The van der Waals surface area contributed by atoms with Crippen molar-refractivity contribution >= 4 is 5.78 Å². The number of rotatable bonds is 14. The lowest BCUT2D eigenvalue weighted by molar-refractivity contribution is -0.115. The summed E-state index contributed by atoms with van der Waals surface area (Å²) in [7, 11) is 0. The van der Waals surface area contributed by atoms with Gasteiger partial charge in [0.1, 0.15) is 0 Å². The van der Waals surface area contributed by atoms with E-state index < -0.39 is 0 Å². The van der Waals surface area contributed by atoms with Gasteiger partial charge >= 0.3 is 0 Å². The third-order valence-electron chi connectivity index (χ3n) is 5.47. The summed E-state index contributed by atoms with van der Waals surface area (Å²) >= 11 is 0. The Bertz CT molecular complexity index is 484. The van der Waals surface area contributed by atoms with Crippen molar-refractivity contribution in [3.05, 3.63) is 35.7 Å². The molecule has 1 aliphatic rings. The lowest BCUT2D eigenvalue weighted by atomic mass is 9.77. The molecular formula is C23H40N2O3. The fourth-order valence-electron chi connectivity index (χ4n) is 3.84. The molecule has 0 saturated heterocycles. The fraction of sp³-hybridized carbons (Fsp3) is 0.696. The molecule has 1 aliphatic carbocycles. The maximum atomic E-state index is 12.0. The van der Waals surface area contributed by atoms with Gasteiger partial charge in [0.05, 0.1) is 13.2 Å². The predicted molar refractivity (Wildman–Crippen MR) is 116 cm³/mol. The Kier molecular flexibility index (Phi) is 12.6. The molecule has 0 unspecified atom stereocenters. The first-order valence-electron chi connectivity index (χ1n) is 10.7. The van der Waals surface area contributed by atoms with Crippen molar-refractivity contribution in [3.8, 4) is 0 Å². The first-order chi connectivity index (χ1) is 13.4. The average molecular weight is 393 g/mol. The number of aliphatic hydroxyl groups is 2. The first-order valence-corrected chi connectivity index (χ1v) is 10.7. The summed E-state index contributed by atoms with van der Waals surface area (Å²) in [5.74, 6) is 1.62. The van der Waals surface area contributed by atoms with Crippen molar-refractivity contribution < 1.29 is 15.0 Å². The molecule has 0 aromatic carbocycles. The summed E-state index contributed by atoms with van der Waals surface area (Å²) in [6.45, 7) is 9.31. The molecule has 0 spiro atoms. The Hall–Kier alpha value is -1.59. The zero-order chi connectivity index (χ0) is 20.8. The van der Waals surface area contributed by atoms with E-state index >= 15 is 0 Å². The molecule has 0 heterocycles. The van der Waals surface area contributed by atoms with Crippen molar-refractivity contribution in [2.45, 2.75) is 65.2 Å². The van der Waals surface area contributed by atoms with Crippen molar-refractivity contribution in [2.75, 3.05) is 26.3 Å². The quantitative estimate of drug-likeness (QED) is 0.269. The highest BCUT2D eigenvalue weighted by molar-refractivity contribution is 5.90. The van der Waals surface area contributed by atoms with Crippen LogP contribution in [0, 0.1) is 11.8 Å². The van der Waals surface area contributed by atoms with Gasteiger partial charge in [0.15, 0.2) is 5.78 Å². The maximum absolute atomic E-state index is 12.0. The van der Waals surface area contributed by atoms with Gasteiger partial charge in [0, 0.05) is 30.9 Å². The van der Waals surface area contributed by atoms with Crippen molar-refractivity contribution in [2.24, 2.45) is 11.8 Å². The molecule has 0 atom stereocenters. The van der Waals surface area contributed by atoms with Crippen LogP contribution in [-0.2, 0) is 4.79 Å². The highest BCUT2D eigenvalue weighted by atomic mass is 16.3. The number of carbonyl (C=O) groups is 1. The summed E-state index contributed by atoms with van der Waals surface area (Å²) < 4.78 is 0. The van der Waals surface area contributed by atoms with Gasteiger partial charge in [-0.15, -0.1) is 0 Å². The second-order valence-corrected chi connectivity index (χ2v) is 8.04. The van der Waals surface area contributed by atoms with Crippen molar-refractivity contribution in [1.29, 1.82) is 0 Å². The monoisotopic (exact) mass is 392 g/mol. The second kappa shape index (κ2) is 14.4. The van der Waals surface area contributed by atoms with Gasteiger partial charge in [-0.2, -0.15) is 0 Å². The third-order valence-corrected chi connectivity index (χ3v) is 5.47. The average Bonchev–Trinajstić information content (AvgIpc) is 2.68. The minimum Gasteiger partial charge on any atom is -0.395 e. The Morgan fingerprint density at radius 3 is 1.86 bits per heavy atom. The third kappa shape index (κ3) is 11.3. The van der Waals surface area contributed by atoms with Crippen LogP contribution in [0.25, 0.3) is 0 Å². The van der Waals surface area contributed by atoms with E-state index in [1.807, 2.05) is 13.8 Å². The molecule has 0 aliphatic heterocycles. The molecule has 0 amide bonds. The van der Waals surface area contributed by atoms with Gasteiger partial charge in [0.25, 0.3) is 0 Å². The summed E-state index contributed by atoms with van der Waals surface area (Å²) in [5, 5.41) is 23.8. The molecule has 1 rings (SSSR count). The Morgan fingerprint density at radius 1 is 0.893 bits per heavy atom. The topological polar surface area (TPSA) is 81.6 Å². The highest BCUT2D eigenvalue weighted by Crippen LogP contribution is 2.34. The number of hydrogen-bond acceptors (Lipinski definition) is 5. The van der Waals surface area contributed by atoms with Gasteiger partial charge in [0.2, 0.25) is 0 Å². The fourth-order valence-corrected chi connectivity index (χ4v) is 3.84. The van der Waals surface area contributed by atoms with Gasteiger partial charge in [-0.25, -0.2) is 0 Å². The largest absolute Gasteiger partial charge is 0.395 e. The van der Waals surface area contributed by atoms with Crippen LogP contribution < -0.4 is 10.6 Å². The number of hydrogen-bond donors (Lipinski definition) is 4. The molecule has 0 aromatic rings. The molecule has 0 radical (unpaired) electrons. The van der Waals surface area contributed by atoms with Crippen LogP contribution in [0.15, 0.2) is 35.7 Å². The van der Waals surface area contributed by atoms with Crippen LogP contribution in [-0.4, -0.2) is 42.3 Å². The summed E-state index contributed by atoms with van der Waals surface area (Å²) in [6, 6.07) is 0. The number of nitrogens with one attached hydrogen (secondary N) is 2. The van der Waals surface area contributed by atoms with Crippen LogP contribution in [0.1, 0.15) is 65.2 Å². The zero-order valence-corrected chi connectivity index (χ0v) is 17.8. The van der Waals surface area contributed by atoms with Gasteiger partial charge in [-0.05, 0) is 57.1 Å². The predicted octanol–water partition coefficient (Wildman–Crippen LogP) is 3.45. The van der Waals surface area contributed by atoms with E-state index in [0.717, 1.165) is 35.7 Å². The van der Waals surface area contributed by atoms with E-state index in [4.69, 9.17) is 10.2 Å². The molecule has 4 N–H and O–H groups in total. The van der Waals surface area contributed by atoms with Gasteiger partial charge in [-0.1, -0.05) is 37.8 Å². The van der Waals surface area contributed by atoms with Crippen LogP contribution >= 0.6 is 0 Å². The normalized spacial score (nSPS) is 20.7. The summed E-state index contributed by atoms with van der Waals surface area (Å²) in [5.41, 5.74) is 3.04. The van der Waals surface area contributed by atoms with Gasteiger partial charge in [-0.3, -0.25) is 4.79 Å². The molecule has 1 fully saturated rings. The van der Waals surface area contributed by atoms with Crippen LogP contribution in [0.5, 0.6) is 0 Å². The number of aliphatic hydroxyl groups excluding tert-OH is 2. The molecule has 0 aromatic heterocycles. The Balaban J connectivity index is 2.21. The van der Waals surface area contributed by atoms with Gasteiger partial charge < -0.3 is 20.8 Å². The number of allylic oxidation sites excluding steroid dienone is 5. The Morgan fingerprint density at radius 2 is 1.36 bits per heavy atom. The molecule has 5 heteroatoms. The minimum atomic E-state index is 0.0758. The highest BCUT2D eigenvalue weighted by Gasteiger charge is 2.21. The summed E-state index contributed by atoms with van der Waals surface area (Å²) in [6.07, 6.45) is 12.5. The molecule has 5 nitrogen and oxygen atoms in total. The van der Waals surface area contributed by atoms with Crippen LogP contribution in [0.3, 0.4) is 0 Å². The molecule has 1 saturated carbocycles. The Labute approximate surface area is 171 Å². The molecule has 160 valence electrons. The minimum absolute atomic E-state index is 0.0758. The first kappa shape index (κ1) is 24.4. The second-order valence-electron chi connectivity index (χ2n) is 8.04. The van der Waals surface area contributed by atoms with E-state index in [2.05, 4.69) is 23.3 Å².